The van der Waals surface area contributed by atoms with Crippen LogP contribution in [0.5, 0.6) is 0 Å². The number of thiophene rings is 1. The first-order chi connectivity index (χ1) is 15.7. The fourth-order valence-corrected chi connectivity index (χ4v) is 4.93. The molecule has 0 spiro atoms. The number of rotatable bonds is 5. The van der Waals surface area contributed by atoms with Crippen molar-refractivity contribution in [3.63, 3.8) is 0 Å². The molecule has 9 heteroatoms. The Balaban J connectivity index is 1.31. The Labute approximate surface area is 191 Å². The van der Waals surface area contributed by atoms with Gasteiger partial charge in [-0.3, -0.25) is 10.4 Å². The molecule has 2 aromatic carbocycles. The molecular formula is C23H17N7S2. The van der Waals surface area contributed by atoms with Gasteiger partial charge >= 0.3 is 0 Å². The smallest absolute Gasteiger partial charge is 0.231 e. The Kier molecular flexibility index (Phi) is 4.55. The van der Waals surface area contributed by atoms with Crippen LogP contribution in [0.1, 0.15) is 5.56 Å². The van der Waals surface area contributed by atoms with Crippen molar-refractivity contribution < 1.29 is 0 Å². The van der Waals surface area contributed by atoms with E-state index in [2.05, 4.69) is 57.0 Å². The van der Waals surface area contributed by atoms with E-state index >= 15 is 0 Å². The van der Waals surface area contributed by atoms with Crippen LogP contribution in [0.15, 0.2) is 65.5 Å². The largest absolute Gasteiger partial charge is 0.339 e. The van der Waals surface area contributed by atoms with Crippen molar-refractivity contribution in [1.82, 2.24) is 25.1 Å². The SMILES string of the molecule is Cc1ccc(-c2csc(Nc3nc(Nc4ccc5[nH]ncc5c4)c4sccc4n3)n2)cc1. The van der Waals surface area contributed by atoms with E-state index in [-0.39, 0.29) is 0 Å². The number of fused-ring (bicyclic) bond motifs is 2. The van der Waals surface area contributed by atoms with E-state index in [0.717, 1.165) is 49.0 Å². The molecular weight excluding hydrogens is 438 g/mol. The first kappa shape index (κ1) is 18.9. The second-order valence-electron chi connectivity index (χ2n) is 7.36. The third-order valence-electron chi connectivity index (χ3n) is 5.08. The van der Waals surface area contributed by atoms with Crippen LogP contribution in [-0.2, 0) is 0 Å². The number of thiazole rings is 1. The van der Waals surface area contributed by atoms with E-state index < -0.39 is 0 Å². The summed E-state index contributed by atoms with van der Waals surface area (Å²) in [4.78, 5) is 14.1. The number of benzene rings is 2. The minimum atomic E-state index is 0.507. The number of nitrogens with one attached hydrogen (secondary N) is 3. The molecule has 0 saturated carbocycles. The molecule has 4 aromatic heterocycles. The van der Waals surface area contributed by atoms with Gasteiger partial charge in [-0.25, -0.2) is 9.97 Å². The molecule has 156 valence electrons. The number of anilines is 4. The first-order valence-electron chi connectivity index (χ1n) is 9.96. The number of aromatic amines is 1. The van der Waals surface area contributed by atoms with Gasteiger partial charge in [-0.2, -0.15) is 10.1 Å². The maximum absolute atomic E-state index is 4.75. The first-order valence-corrected chi connectivity index (χ1v) is 11.7. The van der Waals surface area contributed by atoms with Gasteiger partial charge in [0, 0.05) is 22.0 Å². The molecule has 0 unspecified atom stereocenters. The van der Waals surface area contributed by atoms with E-state index in [1.165, 1.54) is 16.9 Å². The molecule has 0 aliphatic carbocycles. The van der Waals surface area contributed by atoms with Crippen LogP contribution in [0.25, 0.3) is 32.4 Å². The van der Waals surface area contributed by atoms with Crippen molar-refractivity contribution >= 4 is 66.4 Å². The highest BCUT2D eigenvalue weighted by Crippen LogP contribution is 2.32. The Morgan fingerprint density at radius 2 is 1.81 bits per heavy atom. The predicted molar refractivity (Wildman–Crippen MR) is 132 cm³/mol. The lowest BCUT2D eigenvalue weighted by Gasteiger charge is -2.09. The second-order valence-corrected chi connectivity index (χ2v) is 9.13. The summed E-state index contributed by atoms with van der Waals surface area (Å²) in [6.45, 7) is 2.08. The zero-order chi connectivity index (χ0) is 21.5. The van der Waals surface area contributed by atoms with Gasteiger partial charge in [0.15, 0.2) is 10.9 Å². The monoisotopic (exact) mass is 455 g/mol. The summed E-state index contributed by atoms with van der Waals surface area (Å²) in [6.07, 6.45) is 1.81. The van der Waals surface area contributed by atoms with Crippen molar-refractivity contribution in [2.75, 3.05) is 10.6 Å². The number of aromatic nitrogens is 5. The van der Waals surface area contributed by atoms with Gasteiger partial charge in [0.1, 0.15) is 0 Å². The summed E-state index contributed by atoms with van der Waals surface area (Å²) in [5.74, 6) is 1.26. The zero-order valence-corrected chi connectivity index (χ0v) is 18.6. The maximum Gasteiger partial charge on any atom is 0.231 e. The van der Waals surface area contributed by atoms with Crippen molar-refractivity contribution in [2.24, 2.45) is 0 Å². The molecule has 0 fully saturated rings. The van der Waals surface area contributed by atoms with Gasteiger partial charge in [0.2, 0.25) is 5.95 Å². The molecule has 0 atom stereocenters. The quantitative estimate of drug-likeness (QED) is 0.275. The highest BCUT2D eigenvalue weighted by atomic mass is 32.1. The molecule has 0 bridgehead atoms. The summed E-state index contributed by atoms with van der Waals surface area (Å²) >= 11 is 3.14. The minimum absolute atomic E-state index is 0.507. The van der Waals surface area contributed by atoms with Crippen molar-refractivity contribution in [2.45, 2.75) is 6.92 Å². The van der Waals surface area contributed by atoms with Gasteiger partial charge < -0.3 is 5.32 Å². The molecule has 3 N–H and O–H groups in total. The molecule has 0 saturated heterocycles. The average molecular weight is 456 g/mol. The lowest BCUT2D eigenvalue weighted by Crippen LogP contribution is -2.01. The highest BCUT2D eigenvalue weighted by molar-refractivity contribution is 7.17. The summed E-state index contributed by atoms with van der Waals surface area (Å²) in [6, 6.07) is 16.4. The van der Waals surface area contributed by atoms with E-state index in [4.69, 9.17) is 9.97 Å². The molecule has 32 heavy (non-hydrogen) atoms. The second kappa shape index (κ2) is 7.70. The molecule has 6 aromatic rings. The van der Waals surface area contributed by atoms with E-state index in [1.807, 2.05) is 41.2 Å². The highest BCUT2D eigenvalue weighted by Gasteiger charge is 2.12. The molecule has 0 radical (unpaired) electrons. The van der Waals surface area contributed by atoms with Crippen LogP contribution >= 0.6 is 22.7 Å². The number of aryl methyl sites for hydroxylation is 1. The Bertz CT molecular complexity index is 1550. The van der Waals surface area contributed by atoms with Crippen LogP contribution in [0.4, 0.5) is 22.6 Å². The Hall–Kier alpha value is -3.82. The van der Waals surface area contributed by atoms with Crippen LogP contribution in [0.3, 0.4) is 0 Å². The standard InChI is InChI=1S/C23H17N7S2/c1-13-2-4-14(5-3-13)19-12-32-23(27-19)29-22-26-18-8-9-31-20(18)21(28-22)25-16-6-7-17-15(10-16)11-24-30-17/h2-12H,1H3,(H,24,30)(H2,25,26,27,28,29). The molecule has 4 heterocycles. The third-order valence-corrected chi connectivity index (χ3v) is 6.74. The fraction of sp³-hybridized carbons (Fsp3) is 0.0435. The lowest BCUT2D eigenvalue weighted by molar-refractivity contribution is 1.12. The van der Waals surface area contributed by atoms with Crippen molar-refractivity contribution in [3.8, 4) is 11.3 Å². The zero-order valence-electron chi connectivity index (χ0n) is 17.0. The van der Waals surface area contributed by atoms with Gasteiger partial charge in [-0.1, -0.05) is 29.8 Å². The topological polar surface area (TPSA) is 91.4 Å². The van der Waals surface area contributed by atoms with Gasteiger partial charge in [0.05, 0.1) is 27.6 Å². The lowest BCUT2D eigenvalue weighted by atomic mass is 10.1. The number of nitrogens with zero attached hydrogens (tertiary/aromatic N) is 4. The Morgan fingerprint density at radius 3 is 2.72 bits per heavy atom. The summed E-state index contributed by atoms with van der Waals surface area (Å²) < 4.78 is 1.00. The molecule has 7 nitrogen and oxygen atoms in total. The van der Waals surface area contributed by atoms with E-state index in [1.54, 1.807) is 11.3 Å². The van der Waals surface area contributed by atoms with Crippen LogP contribution < -0.4 is 10.6 Å². The molecule has 0 amide bonds. The Morgan fingerprint density at radius 1 is 0.906 bits per heavy atom. The number of H-pyrrole nitrogens is 1. The van der Waals surface area contributed by atoms with Crippen molar-refractivity contribution in [1.29, 1.82) is 0 Å². The van der Waals surface area contributed by atoms with E-state index in [9.17, 15) is 0 Å². The average Bonchev–Trinajstić information content (AvgIpc) is 3.55. The van der Waals surface area contributed by atoms with Gasteiger partial charge in [0.25, 0.3) is 0 Å². The third kappa shape index (κ3) is 3.57. The van der Waals surface area contributed by atoms with Crippen molar-refractivity contribution in [3.05, 3.63) is 71.1 Å². The molecule has 6 rings (SSSR count). The number of hydrogen-bond acceptors (Lipinski definition) is 8. The van der Waals surface area contributed by atoms with E-state index in [0.29, 0.717) is 5.95 Å². The summed E-state index contributed by atoms with van der Waals surface area (Å²) in [5, 5.41) is 19.6. The predicted octanol–water partition coefficient (Wildman–Crippen LogP) is 6.49. The van der Waals surface area contributed by atoms with Gasteiger partial charge in [-0.15, -0.1) is 22.7 Å². The molecule has 0 aliphatic rings. The van der Waals surface area contributed by atoms with Gasteiger partial charge in [-0.05, 0) is 36.6 Å². The van der Waals surface area contributed by atoms with Crippen LogP contribution in [-0.4, -0.2) is 25.1 Å². The maximum atomic E-state index is 4.75. The fourth-order valence-electron chi connectivity index (χ4n) is 3.45. The number of hydrogen-bond donors (Lipinski definition) is 3. The molecule has 0 aliphatic heterocycles. The summed E-state index contributed by atoms with van der Waals surface area (Å²) in [7, 11) is 0. The summed E-state index contributed by atoms with van der Waals surface area (Å²) in [5.41, 5.74) is 6.07. The minimum Gasteiger partial charge on any atom is -0.339 e. The van der Waals surface area contributed by atoms with Crippen LogP contribution in [0, 0.1) is 6.92 Å². The normalized spacial score (nSPS) is 11.3. The van der Waals surface area contributed by atoms with Crippen LogP contribution in [0.2, 0.25) is 0 Å².